The number of amides is 1. The van der Waals surface area contributed by atoms with Crippen LogP contribution >= 0.6 is 34.8 Å². The minimum absolute atomic E-state index is 0.552. The van der Waals surface area contributed by atoms with Crippen LogP contribution in [0.1, 0.15) is 36.7 Å². The summed E-state index contributed by atoms with van der Waals surface area (Å²) in [4.78, 5) is 16.1. The van der Waals surface area contributed by atoms with Gasteiger partial charge in [0.15, 0.2) is 0 Å². The molecule has 1 aromatic carbocycles. The van der Waals surface area contributed by atoms with Crippen molar-refractivity contribution in [1.82, 2.24) is 9.88 Å². The van der Waals surface area contributed by atoms with Gasteiger partial charge in [-0.1, -0.05) is 60.3 Å². The van der Waals surface area contributed by atoms with Gasteiger partial charge in [-0.3, -0.25) is 4.79 Å². The third kappa shape index (κ3) is 3.08. The molecule has 2 aromatic rings. The SMILES string of the molecule is CC.Cc1ccc2[nH]c3c(c2c1)CCN(C=O)C3C(Cl)(Cl)Cl. The number of H-pyrrole nitrogens is 1. The van der Waals surface area contributed by atoms with Gasteiger partial charge >= 0.3 is 0 Å². The van der Waals surface area contributed by atoms with Gasteiger partial charge in [0, 0.05) is 23.1 Å². The molecule has 1 aliphatic rings. The van der Waals surface area contributed by atoms with E-state index >= 15 is 0 Å². The highest BCUT2D eigenvalue weighted by Gasteiger charge is 2.43. The fourth-order valence-electron chi connectivity index (χ4n) is 2.89. The minimum Gasteiger partial charge on any atom is -0.356 e. The van der Waals surface area contributed by atoms with Crippen LogP contribution < -0.4 is 0 Å². The third-order valence-electron chi connectivity index (χ3n) is 3.77. The summed E-state index contributed by atoms with van der Waals surface area (Å²) in [5, 5.41) is 1.14. The quantitative estimate of drug-likeness (QED) is 0.567. The maximum Gasteiger partial charge on any atom is 0.216 e. The topological polar surface area (TPSA) is 36.1 Å². The molecule has 22 heavy (non-hydrogen) atoms. The second-order valence-corrected chi connectivity index (χ2v) is 7.47. The highest BCUT2D eigenvalue weighted by Crippen LogP contribution is 2.47. The number of aromatic nitrogens is 1. The zero-order valence-corrected chi connectivity index (χ0v) is 15.1. The second-order valence-electron chi connectivity index (χ2n) is 5.10. The first kappa shape index (κ1) is 17.5. The Morgan fingerprint density at radius 3 is 2.59 bits per heavy atom. The van der Waals surface area contributed by atoms with E-state index in [4.69, 9.17) is 34.8 Å². The molecule has 3 rings (SSSR count). The van der Waals surface area contributed by atoms with Crippen molar-refractivity contribution in [2.45, 2.75) is 37.0 Å². The number of benzene rings is 1. The number of fused-ring (bicyclic) bond motifs is 3. The van der Waals surface area contributed by atoms with Crippen LogP contribution in [0.4, 0.5) is 0 Å². The molecule has 1 N–H and O–H groups in total. The first-order valence-corrected chi connectivity index (χ1v) is 8.44. The number of nitrogens with zero attached hydrogens (tertiary/aromatic N) is 1. The number of hydrogen-bond donors (Lipinski definition) is 1. The molecule has 120 valence electrons. The number of rotatable bonds is 1. The van der Waals surface area contributed by atoms with Crippen molar-refractivity contribution < 1.29 is 4.79 Å². The van der Waals surface area contributed by atoms with Crippen molar-refractivity contribution in [2.24, 2.45) is 0 Å². The number of carbonyl (C=O) groups is 1. The fraction of sp³-hybridized carbons (Fsp3) is 0.438. The predicted molar refractivity (Wildman–Crippen MR) is 93.9 cm³/mol. The number of halogens is 3. The van der Waals surface area contributed by atoms with Gasteiger partial charge in [0.25, 0.3) is 0 Å². The van der Waals surface area contributed by atoms with E-state index in [9.17, 15) is 4.79 Å². The van der Waals surface area contributed by atoms with Crippen LogP contribution in [-0.2, 0) is 11.2 Å². The molecule has 0 bridgehead atoms. The highest BCUT2D eigenvalue weighted by molar-refractivity contribution is 6.68. The lowest BCUT2D eigenvalue weighted by molar-refractivity contribution is -0.120. The number of hydrogen-bond acceptors (Lipinski definition) is 1. The number of aryl methyl sites for hydroxylation is 1. The van der Waals surface area contributed by atoms with E-state index in [0.717, 1.165) is 35.0 Å². The molecule has 0 aliphatic carbocycles. The summed E-state index contributed by atoms with van der Waals surface area (Å²) in [6.07, 6.45) is 1.50. The Morgan fingerprint density at radius 2 is 2.00 bits per heavy atom. The van der Waals surface area contributed by atoms with Gasteiger partial charge in [-0.15, -0.1) is 0 Å². The summed E-state index contributed by atoms with van der Waals surface area (Å²) in [5.74, 6) is 0. The van der Waals surface area contributed by atoms with Gasteiger partial charge in [0.2, 0.25) is 10.2 Å². The molecule has 0 spiro atoms. The van der Waals surface area contributed by atoms with E-state index in [1.54, 1.807) is 0 Å². The average Bonchev–Trinajstić information content (AvgIpc) is 2.84. The molecule has 0 fully saturated rings. The van der Waals surface area contributed by atoms with Gasteiger partial charge in [-0.2, -0.15) is 0 Å². The number of aromatic amines is 1. The molecule has 1 atom stereocenters. The zero-order valence-electron chi connectivity index (χ0n) is 12.8. The Labute approximate surface area is 145 Å². The summed E-state index contributed by atoms with van der Waals surface area (Å²) >= 11 is 18.2. The summed E-state index contributed by atoms with van der Waals surface area (Å²) in [5.41, 5.74) is 4.15. The maximum absolute atomic E-state index is 11.2. The van der Waals surface area contributed by atoms with Crippen LogP contribution in [0.5, 0.6) is 0 Å². The molecule has 2 heterocycles. The van der Waals surface area contributed by atoms with E-state index in [2.05, 4.69) is 11.1 Å². The average molecular weight is 362 g/mol. The van der Waals surface area contributed by atoms with E-state index < -0.39 is 9.83 Å². The minimum atomic E-state index is -1.56. The Kier molecular flexibility index (Phi) is 5.31. The normalized spacial score (nSPS) is 17.7. The lowest BCUT2D eigenvalue weighted by atomic mass is 9.98. The maximum atomic E-state index is 11.2. The smallest absolute Gasteiger partial charge is 0.216 e. The van der Waals surface area contributed by atoms with Crippen LogP contribution in [0.3, 0.4) is 0 Å². The van der Waals surface area contributed by atoms with Crippen LogP contribution in [0.15, 0.2) is 18.2 Å². The molecule has 1 unspecified atom stereocenters. The Balaban J connectivity index is 0.000000847. The summed E-state index contributed by atoms with van der Waals surface area (Å²) in [7, 11) is 0. The van der Waals surface area contributed by atoms with Crippen molar-refractivity contribution in [3.63, 3.8) is 0 Å². The summed E-state index contributed by atoms with van der Waals surface area (Å²) in [6.45, 7) is 6.60. The molecule has 0 radical (unpaired) electrons. The third-order valence-corrected chi connectivity index (χ3v) is 4.39. The largest absolute Gasteiger partial charge is 0.356 e. The molecular weight excluding hydrogens is 343 g/mol. The van der Waals surface area contributed by atoms with Crippen LogP contribution in [0.25, 0.3) is 10.9 Å². The van der Waals surface area contributed by atoms with Crippen LogP contribution in [0.2, 0.25) is 0 Å². The van der Waals surface area contributed by atoms with Crippen LogP contribution in [-0.4, -0.2) is 26.6 Å². The van der Waals surface area contributed by atoms with Gasteiger partial charge in [0.05, 0.1) is 0 Å². The summed E-state index contributed by atoms with van der Waals surface area (Å²) in [6, 6.07) is 5.59. The molecule has 1 aromatic heterocycles. The predicted octanol–water partition coefficient (Wildman–Crippen LogP) is 4.93. The lowest BCUT2D eigenvalue weighted by Crippen LogP contribution is -2.41. The second kappa shape index (κ2) is 6.69. The molecule has 0 saturated carbocycles. The lowest BCUT2D eigenvalue weighted by Gasteiger charge is -2.36. The van der Waals surface area contributed by atoms with Crippen molar-refractivity contribution in [3.8, 4) is 0 Å². The Hall–Kier alpha value is -0.900. The van der Waals surface area contributed by atoms with E-state index in [0.29, 0.717) is 6.54 Å². The molecule has 3 nitrogen and oxygen atoms in total. The van der Waals surface area contributed by atoms with E-state index in [1.165, 1.54) is 10.5 Å². The molecule has 1 aliphatic heterocycles. The Bertz CT molecular complexity index is 676. The summed E-state index contributed by atoms with van der Waals surface area (Å²) < 4.78 is -1.56. The first-order chi connectivity index (χ1) is 10.4. The van der Waals surface area contributed by atoms with E-state index in [-0.39, 0.29) is 0 Å². The highest BCUT2D eigenvalue weighted by atomic mass is 35.6. The van der Waals surface area contributed by atoms with Gasteiger partial charge in [0.1, 0.15) is 6.04 Å². The van der Waals surface area contributed by atoms with Crippen molar-refractivity contribution in [1.29, 1.82) is 0 Å². The fourth-order valence-corrected chi connectivity index (χ4v) is 3.59. The van der Waals surface area contributed by atoms with Crippen molar-refractivity contribution in [3.05, 3.63) is 35.0 Å². The Morgan fingerprint density at radius 1 is 1.32 bits per heavy atom. The molecular formula is C16H19Cl3N2O. The number of carbonyl (C=O) groups excluding carboxylic acids is 1. The zero-order chi connectivity index (χ0) is 16.5. The molecule has 1 amide bonds. The molecule has 6 heteroatoms. The number of alkyl halides is 3. The van der Waals surface area contributed by atoms with Gasteiger partial charge < -0.3 is 9.88 Å². The molecule has 0 saturated heterocycles. The standard InChI is InChI=1S/C14H13Cl3N2O.C2H6/c1-8-2-3-11-10(6-8)9-4-5-19(7-20)13(12(9)18-11)14(15,16)17;1-2/h2-3,6-7,13,18H,4-5H2,1H3;1-2H3. The monoisotopic (exact) mass is 360 g/mol. The van der Waals surface area contributed by atoms with Crippen molar-refractivity contribution >= 4 is 52.1 Å². The van der Waals surface area contributed by atoms with E-state index in [1.807, 2.05) is 32.9 Å². The first-order valence-electron chi connectivity index (χ1n) is 7.30. The van der Waals surface area contributed by atoms with Crippen molar-refractivity contribution in [2.75, 3.05) is 6.54 Å². The van der Waals surface area contributed by atoms with Gasteiger partial charge in [-0.05, 0) is 31.0 Å². The van der Waals surface area contributed by atoms with Crippen LogP contribution in [0, 0.1) is 6.92 Å². The number of nitrogens with one attached hydrogen (secondary N) is 1. The van der Waals surface area contributed by atoms with Gasteiger partial charge in [-0.25, -0.2) is 0 Å².